The molecule has 6 nitrogen and oxygen atoms in total. The van der Waals surface area contributed by atoms with Gasteiger partial charge < -0.3 is 10.1 Å². The summed E-state index contributed by atoms with van der Waals surface area (Å²) < 4.78 is 45.2. The molecular formula is C15H14ClFN2O4S. The Morgan fingerprint density at radius 1 is 1.21 bits per heavy atom. The molecule has 0 saturated carbocycles. The summed E-state index contributed by atoms with van der Waals surface area (Å²) in [6.45, 7) is 1.34. The molecule has 0 aliphatic carbocycles. The molecule has 0 spiro atoms. The number of anilines is 2. The molecule has 2 aromatic carbocycles. The van der Waals surface area contributed by atoms with Crippen molar-refractivity contribution in [2.45, 2.75) is 11.8 Å². The van der Waals surface area contributed by atoms with Crippen LogP contribution in [0.4, 0.5) is 15.8 Å². The zero-order chi connectivity index (χ0) is 17.9. The van der Waals surface area contributed by atoms with Crippen LogP contribution in [0.2, 0.25) is 5.02 Å². The number of amides is 1. The van der Waals surface area contributed by atoms with Crippen LogP contribution in [0.15, 0.2) is 41.3 Å². The number of carbonyl (C=O) groups is 1. The lowest BCUT2D eigenvalue weighted by Gasteiger charge is -2.13. The maximum absolute atomic E-state index is 13.1. The van der Waals surface area contributed by atoms with E-state index in [-0.39, 0.29) is 27.3 Å². The van der Waals surface area contributed by atoms with Gasteiger partial charge in [-0.05, 0) is 30.3 Å². The molecule has 2 rings (SSSR count). The molecule has 0 saturated heterocycles. The lowest BCUT2D eigenvalue weighted by Crippen LogP contribution is -2.14. The third kappa shape index (κ3) is 4.15. The highest BCUT2D eigenvalue weighted by atomic mass is 35.5. The van der Waals surface area contributed by atoms with Crippen LogP contribution < -0.4 is 14.8 Å². The lowest BCUT2D eigenvalue weighted by atomic mass is 10.2. The van der Waals surface area contributed by atoms with Gasteiger partial charge in [0.05, 0.1) is 23.5 Å². The number of sulfonamides is 1. The van der Waals surface area contributed by atoms with Crippen LogP contribution in [0.25, 0.3) is 0 Å². The molecular weight excluding hydrogens is 359 g/mol. The first kappa shape index (κ1) is 18.0. The number of rotatable bonds is 5. The summed E-state index contributed by atoms with van der Waals surface area (Å²) in [7, 11) is -2.63. The molecule has 9 heteroatoms. The Morgan fingerprint density at radius 3 is 2.50 bits per heavy atom. The van der Waals surface area contributed by atoms with Crippen LogP contribution in [0.3, 0.4) is 0 Å². The van der Waals surface area contributed by atoms with Gasteiger partial charge in [-0.2, -0.15) is 0 Å². The molecule has 0 unspecified atom stereocenters. The average molecular weight is 373 g/mol. The second-order valence-corrected chi connectivity index (χ2v) is 6.83. The highest BCUT2D eigenvalue weighted by Crippen LogP contribution is 2.30. The van der Waals surface area contributed by atoms with Crippen molar-refractivity contribution in [1.82, 2.24) is 0 Å². The van der Waals surface area contributed by atoms with Crippen LogP contribution in [-0.2, 0) is 14.8 Å². The summed E-state index contributed by atoms with van der Waals surface area (Å²) in [6, 6.07) is 7.33. The van der Waals surface area contributed by atoms with Gasteiger partial charge in [0.25, 0.3) is 10.0 Å². The molecule has 1 amide bonds. The van der Waals surface area contributed by atoms with E-state index >= 15 is 0 Å². The Kier molecular flexibility index (Phi) is 5.30. The summed E-state index contributed by atoms with van der Waals surface area (Å²) in [5.74, 6) is -0.657. The fourth-order valence-corrected chi connectivity index (χ4v) is 3.53. The van der Waals surface area contributed by atoms with Crippen LogP contribution in [0, 0.1) is 5.82 Å². The van der Waals surface area contributed by atoms with Crippen molar-refractivity contribution >= 4 is 38.9 Å². The van der Waals surface area contributed by atoms with Crippen LogP contribution in [-0.4, -0.2) is 21.4 Å². The number of ether oxygens (including phenoxy) is 1. The number of methoxy groups -OCH3 is 1. The first-order valence-electron chi connectivity index (χ1n) is 6.66. The molecule has 2 aromatic rings. The van der Waals surface area contributed by atoms with Gasteiger partial charge in [0.1, 0.15) is 16.5 Å². The number of halogens is 2. The van der Waals surface area contributed by atoms with Gasteiger partial charge in [-0.3, -0.25) is 9.52 Å². The monoisotopic (exact) mass is 372 g/mol. The Balaban J connectivity index is 2.34. The van der Waals surface area contributed by atoms with E-state index in [2.05, 4.69) is 10.0 Å². The van der Waals surface area contributed by atoms with Gasteiger partial charge in [0.2, 0.25) is 5.91 Å². The van der Waals surface area contributed by atoms with Crippen molar-refractivity contribution in [2.24, 2.45) is 0 Å². The average Bonchev–Trinajstić information content (AvgIpc) is 2.47. The Hall–Kier alpha value is -2.32. The predicted molar refractivity (Wildman–Crippen MR) is 89.5 cm³/mol. The minimum atomic E-state index is -4.01. The minimum absolute atomic E-state index is 0.196. The summed E-state index contributed by atoms with van der Waals surface area (Å²) in [5, 5.41) is 2.33. The molecule has 0 aromatic heterocycles. The first-order chi connectivity index (χ1) is 11.2. The summed E-state index contributed by atoms with van der Waals surface area (Å²) >= 11 is 5.79. The Bertz CT molecular complexity index is 887. The maximum Gasteiger partial charge on any atom is 0.263 e. The molecule has 2 N–H and O–H groups in total. The quantitative estimate of drug-likeness (QED) is 0.843. The highest BCUT2D eigenvalue weighted by Gasteiger charge is 2.19. The summed E-state index contributed by atoms with van der Waals surface area (Å²) in [5.41, 5.74) is 0.592. The molecule has 24 heavy (non-hydrogen) atoms. The van der Waals surface area contributed by atoms with Crippen LogP contribution >= 0.6 is 11.6 Å². The van der Waals surface area contributed by atoms with Gasteiger partial charge in [-0.1, -0.05) is 11.6 Å². The van der Waals surface area contributed by atoms with E-state index < -0.39 is 15.8 Å². The SMILES string of the molecule is COc1cc(NS(=O)(=O)c2ccc(F)cc2Cl)ccc1NC(C)=O. The molecule has 0 fully saturated rings. The van der Waals surface area contributed by atoms with Crippen molar-refractivity contribution in [3.8, 4) is 5.75 Å². The minimum Gasteiger partial charge on any atom is -0.494 e. The third-order valence-electron chi connectivity index (χ3n) is 2.95. The number of benzene rings is 2. The van der Waals surface area contributed by atoms with E-state index in [0.29, 0.717) is 5.69 Å². The summed E-state index contributed by atoms with van der Waals surface area (Å²) in [6.07, 6.45) is 0. The number of hydrogen-bond donors (Lipinski definition) is 2. The standard InChI is InChI=1S/C15H14ClFN2O4S/c1-9(20)18-13-5-4-11(8-14(13)23-2)19-24(21,22)15-6-3-10(17)7-12(15)16/h3-8,19H,1-2H3,(H,18,20). The van der Waals surface area contributed by atoms with E-state index in [9.17, 15) is 17.6 Å². The number of hydrogen-bond acceptors (Lipinski definition) is 4. The number of nitrogens with one attached hydrogen (secondary N) is 2. The molecule has 0 heterocycles. The zero-order valence-corrected chi connectivity index (χ0v) is 14.3. The largest absolute Gasteiger partial charge is 0.494 e. The van der Waals surface area contributed by atoms with Crippen molar-refractivity contribution < 1.29 is 22.3 Å². The highest BCUT2D eigenvalue weighted by molar-refractivity contribution is 7.92. The second kappa shape index (κ2) is 7.06. The van der Waals surface area contributed by atoms with Crippen molar-refractivity contribution in [1.29, 1.82) is 0 Å². The van der Waals surface area contributed by atoms with Crippen molar-refractivity contribution in [3.05, 3.63) is 47.2 Å². The summed E-state index contributed by atoms with van der Waals surface area (Å²) in [4.78, 5) is 10.9. The van der Waals surface area contributed by atoms with Gasteiger partial charge in [-0.15, -0.1) is 0 Å². The molecule has 0 radical (unpaired) electrons. The molecule has 0 aliphatic rings. The lowest BCUT2D eigenvalue weighted by molar-refractivity contribution is -0.114. The van der Waals surface area contributed by atoms with E-state index in [0.717, 1.165) is 18.2 Å². The predicted octanol–water partition coefficient (Wildman–Crippen LogP) is 3.25. The topological polar surface area (TPSA) is 84.5 Å². The van der Waals surface area contributed by atoms with Gasteiger partial charge in [0, 0.05) is 13.0 Å². The molecule has 0 aliphatic heterocycles. The smallest absolute Gasteiger partial charge is 0.263 e. The van der Waals surface area contributed by atoms with Gasteiger partial charge >= 0.3 is 0 Å². The van der Waals surface area contributed by atoms with E-state index in [1.807, 2.05) is 0 Å². The van der Waals surface area contributed by atoms with Gasteiger partial charge in [-0.25, -0.2) is 12.8 Å². The fourth-order valence-electron chi connectivity index (χ4n) is 1.95. The van der Waals surface area contributed by atoms with Crippen molar-refractivity contribution in [3.63, 3.8) is 0 Å². The van der Waals surface area contributed by atoms with E-state index in [1.54, 1.807) is 0 Å². The van der Waals surface area contributed by atoms with E-state index in [4.69, 9.17) is 16.3 Å². The molecule has 128 valence electrons. The maximum atomic E-state index is 13.1. The zero-order valence-electron chi connectivity index (χ0n) is 12.8. The first-order valence-corrected chi connectivity index (χ1v) is 8.52. The van der Waals surface area contributed by atoms with Crippen molar-refractivity contribution in [2.75, 3.05) is 17.1 Å². The normalized spacial score (nSPS) is 11.0. The van der Waals surface area contributed by atoms with E-state index in [1.165, 1.54) is 32.2 Å². The second-order valence-electron chi connectivity index (χ2n) is 4.78. The Labute approximate surface area is 143 Å². The molecule has 0 bridgehead atoms. The fraction of sp³-hybridized carbons (Fsp3) is 0.133. The number of carbonyl (C=O) groups excluding carboxylic acids is 1. The van der Waals surface area contributed by atoms with Crippen LogP contribution in [0.1, 0.15) is 6.92 Å². The molecule has 0 atom stereocenters. The van der Waals surface area contributed by atoms with Gasteiger partial charge in [0.15, 0.2) is 0 Å². The third-order valence-corrected chi connectivity index (χ3v) is 4.81. The Morgan fingerprint density at radius 2 is 1.92 bits per heavy atom. The van der Waals surface area contributed by atoms with Crippen LogP contribution in [0.5, 0.6) is 5.75 Å².